The van der Waals surface area contributed by atoms with Gasteiger partial charge in [0.1, 0.15) is 6.73 Å². The first-order valence-electron chi connectivity index (χ1n) is 6.18. The van der Waals surface area contributed by atoms with E-state index in [1.165, 1.54) is 0 Å². The Morgan fingerprint density at radius 1 is 0.842 bits per heavy atom. The van der Waals surface area contributed by atoms with Gasteiger partial charge in [0.25, 0.3) is 0 Å². The molecule has 0 saturated heterocycles. The van der Waals surface area contributed by atoms with E-state index in [2.05, 4.69) is 5.10 Å². The van der Waals surface area contributed by atoms with Gasteiger partial charge in [0.15, 0.2) is 0 Å². The van der Waals surface area contributed by atoms with Crippen molar-refractivity contribution in [2.75, 3.05) is 0 Å². The fraction of sp³-hybridized carbons (Fsp3) is 0.0625. The molecule has 0 unspecified atom stereocenters. The van der Waals surface area contributed by atoms with Gasteiger partial charge in [-0.25, -0.2) is 4.68 Å². The maximum atomic E-state index is 9.44. The Morgan fingerprint density at radius 2 is 1.42 bits per heavy atom. The number of aliphatic hydroxyl groups is 1. The van der Waals surface area contributed by atoms with E-state index in [9.17, 15) is 5.11 Å². The third-order valence-electron chi connectivity index (χ3n) is 3.05. The van der Waals surface area contributed by atoms with E-state index in [-0.39, 0.29) is 6.73 Å². The van der Waals surface area contributed by atoms with Crippen molar-refractivity contribution in [1.29, 1.82) is 0 Å². The molecule has 3 heteroatoms. The summed E-state index contributed by atoms with van der Waals surface area (Å²) in [7, 11) is 0. The van der Waals surface area contributed by atoms with E-state index in [1.807, 2.05) is 66.7 Å². The number of rotatable bonds is 3. The smallest absolute Gasteiger partial charge is 0.136 e. The van der Waals surface area contributed by atoms with Gasteiger partial charge in [-0.05, 0) is 11.6 Å². The molecule has 0 aliphatic rings. The summed E-state index contributed by atoms with van der Waals surface area (Å²) in [5.74, 6) is 0. The predicted octanol–water partition coefficient (Wildman–Crippen LogP) is 3.17. The molecule has 0 atom stereocenters. The van der Waals surface area contributed by atoms with Crippen molar-refractivity contribution in [3.8, 4) is 22.5 Å². The number of aliphatic hydroxyl groups excluding tert-OH is 1. The second-order valence-electron chi connectivity index (χ2n) is 4.29. The minimum atomic E-state index is -0.128. The molecule has 0 bridgehead atoms. The summed E-state index contributed by atoms with van der Waals surface area (Å²) in [6.45, 7) is -0.128. The molecule has 0 spiro atoms. The van der Waals surface area contributed by atoms with Crippen LogP contribution < -0.4 is 0 Å². The first-order chi connectivity index (χ1) is 9.38. The molecule has 0 aliphatic carbocycles. The van der Waals surface area contributed by atoms with Crippen LogP contribution in [0.5, 0.6) is 0 Å². The molecule has 2 aromatic carbocycles. The van der Waals surface area contributed by atoms with Gasteiger partial charge < -0.3 is 5.11 Å². The summed E-state index contributed by atoms with van der Waals surface area (Å²) >= 11 is 0. The zero-order valence-corrected chi connectivity index (χ0v) is 10.4. The van der Waals surface area contributed by atoms with Crippen molar-refractivity contribution >= 4 is 0 Å². The van der Waals surface area contributed by atoms with Crippen molar-refractivity contribution in [1.82, 2.24) is 9.78 Å². The lowest BCUT2D eigenvalue weighted by molar-refractivity contribution is 0.197. The normalized spacial score (nSPS) is 10.6. The highest BCUT2D eigenvalue weighted by atomic mass is 16.3. The average molecular weight is 250 g/mol. The van der Waals surface area contributed by atoms with E-state index in [1.54, 1.807) is 4.68 Å². The fourth-order valence-electron chi connectivity index (χ4n) is 2.12. The molecule has 19 heavy (non-hydrogen) atoms. The molecule has 3 rings (SSSR count). The van der Waals surface area contributed by atoms with Gasteiger partial charge in [0, 0.05) is 5.56 Å². The minimum absolute atomic E-state index is 0.128. The highest BCUT2D eigenvalue weighted by molar-refractivity contribution is 5.68. The van der Waals surface area contributed by atoms with Crippen molar-refractivity contribution in [2.24, 2.45) is 0 Å². The zero-order valence-electron chi connectivity index (χ0n) is 10.4. The maximum Gasteiger partial charge on any atom is 0.136 e. The summed E-state index contributed by atoms with van der Waals surface area (Å²) in [4.78, 5) is 0. The zero-order chi connectivity index (χ0) is 13.1. The highest BCUT2D eigenvalue weighted by Gasteiger charge is 2.10. The van der Waals surface area contributed by atoms with Gasteiger partial charge in [0.05, 0.1) is 11.4 Å². The minimum Gasteiger partial charge on any atom is -0.374 e. The summed E-state index contributed by atoms with van der Waals surface area (Å²) < 4.78 is 1.61. The predicted molar refractivity (Wildman–Crippen MR) is 75.3 cm³/mol. The van der Waals surface area contributed by atoms with Gasteiger partial charge in [-0.2, -0.15) is 5.10 Å². The molecule has 3 aromatic rings. The summed E-state index contributed by atoms with van der Waals surface area (Å²) in [6, 6.07) is 21.9. The van der Waals surface area contributed by atoms with Crippen LogP contribution in [0.1, 0.15) is 0 Å². The van der Waals surface area contributed by atoms with Crippen LogP contribution in [0.2, 0.25) is 0 Å². The molecule has 0 radical (unpaired) electrons. The highest BCUT2D eigenvalue weighted by Crippen LogP contribution is 2.25. The molecular weight excluding hydrogens is 236 g/mol. The van der Waals surface area contributed by atoms with Gasteiger partial charge in [0.2, 0.25) is 0 Å². The molecule has 94 valence electrons. The van der Waals surface area contributed by atoms with E-state index >= 15 is 0 Å². The van der Waals surface area contributed by atoms with Crippen LogP contribution in [-0.2, 0) is 6.73 Å². The largest absolute Gasteiger partial charge is 0.374 e. The molecule has 3 nitrogen and oxygen atoms in total. The van der Waals surface area contributed by atoms with Crippen LogP contribution in [0.15, 0.2) is 66.7 Å². The number of aromatic nitrogens is 2. The van der Waals surface area contributed by atoms with Crippen LogP contribution in [-0.4, -0.2) is 14.9 Å². The van der Waals surface area contributed by atoms with Crippen LogP contribution in [0.25, 0.3) is 22.5 Å². The Morgan fingerprint density at radius 3 is 2.00 bits per heavy atom. The SMILES string of the molecule is OCn1nc(-c2ccccc2)cc1-c1ccccc1. The quantitative estimate of drug-likeness (QED) is 0.775. The van der Waals surface area contributed by atoms with Gasteiger partial charge in [-0.15, -0.1) is 0 Å². The second-order valence-corrected chi connectivity index (χ2v) is 4.29. The average Bonchev–Trinajstić information content (AvgIpc) is 2.93. The molecule has 0 aliphatic heterocycles. The van der Waals surface area contributed by atoms with E-state index in [4.69, 9.17) is 0 Å². The first-order valence-corrected chi connectivity index (χ1v) is 6.18. The van der Waals surface area contributed by atoms with Crippen LogP contribution >= 0.6 is 0 Å². The van der Waals surface area contributed by atoms with E-state index in [0.29, 0.717) is 0 Å². The molecule has 1 aromatic heterocycles. The lowest BCUT2D eigenvalue weighted by atomic mass is 10.1. The van der Waals surface area contributed by atoms with Crippen LogP contribution in [0.3, 0.4) is 0 Å². The Labute approximate surface area is 111 Å². The monoisotopic (exact) mass is 250 g/mol. The summed E-state index contributed by atoms with van der Waals surface area (Å²) in [6.07, 6.45) is 0. The summed E-state index contributed by atoms with van der Waals surface area (Å²) in [5.41, 5.74) is 3.88. The molecular formula is C16H14N2O. The fourth-order valence-corrected chi connectivity index (χ4v) is 2.12. The molecule has 1 heterocycles. The van der Waals surface area contributed by atoms with Crippen LogP contribution in [0.4, 0.5) is 0 Å². The lowest BCUT2D eigenvalue weighted by Gasteiger charge is -2.02. The third kappa shape index (κ3) is 2.28. The third-order valence-corrected chi connectivity index (χ3v) is 3.05. The number of hydrogen-bond donors (Lipinski definition) is 1. The standard InChI is InChI=1S/C16H14N2O/c19-12-18-16(14-9-5-2-6-10-14)11-15(17-18)13-7-3-1-4-8-13/h1-11,19H,12H2. The van der Waals surface area contributed by atoms with E-state index < -0.39 is 0 Å². The lowest BCUT2D eigenvalue weighted by Crippen LogP contribution is -2.01. The Bertz CT molecular complexity index is 660. The van der Waals surface area contributed by atoms with Crippen molar-refractivity contribution in [2.45, 2.75) is 6.73 Å². The maximum absolute atomic E-state index is 9.44. The molecule has 0 fully saturated rings. The second kappa shape index (κ2) is 5.08. The van der Waals surface area contributed by atoms with Gasteiger partial charge >= 0.3 is 0 Å². The van der Waals surface area contributed by atoms with Crippen molar-refractivity contribution in [3.63, 3.8) is 0 Å². The summed E-state index contributed by atoms with van der Waals surface area (Å²) in [5, 5.41) is 13.9. The first kappa shape index (κ1) is 11.7. The Balaban J connectivity index is 2.09. The Kier molecular flexibility index (Phi) is 3.12. The van der Waals surface area contributed by atoms with E-state index in [0.717, 1.165) is 22.5 Å². The molecule has 1 N–H and O–H groups in total. The number of nitrogens with zero attached hydrogens (tertiary/aromatic N) is 2. The van der Waals surface area contributed by atoms with Crippen LogP contribution in [0, 0.1) is 0 Å². The Hall–Kier alpha value is -2.39. The number of benzene rings is 2. The van der Waals surface area contributed by atoms with Crippen molar-refractivity contribution < 1.29 is 5.11 Å². The molecule has 0 saturated carbocycles. The van der Waals surface area contributed by atoms with Gasteiger partial charge in [-0.3, -0.25) is 0 Å². The topological polar surface area (TPSA) is 38.0 Å². The number of hydrogen-bond acceptors (Lipinski definition) is 2. The molecule has 0 amide bonds. The van der Waals surface area contributed by atoms with Gasteiger partial charge in [-0.1, -0.05) is 60.7 Å². The van der Waals surface area contributed by atoms with Crippen molar-refractivity contribution in [3.05, 3.63) is 66.7 Å².